The fourth-order valence-electron chi connectivity index (χ4n) is 4.35. The van der Waals surface area contributed by atoms with Gasteiger partial charge in [0.2, 0.25) is 5.43 Å². The largest absolute Gasteiger partial charge is 0.285 e. The Balaban J connectivity index is 1.47. The number of fused-ring (bicyclic) bond motifs is 3. The molecule has 0 saturated heterocycles. The molecule has 34 heavy (non-hydrogen) atoms. The van der Waals surface area contributed by atoms with E-state index in [-0.39, 0.29) is 5.43 Å². The average molecular weight is 441 g/mol. The van der Waals surface area contributed by atoms with E-state index in [2.05, 4.69) is 21.1 Å². The van der Waals surface area contributed by atoms with Gasteiger partial charge in [-0.15, -0.1) is 0 Å². The van der Waals surface area contributed by atoms with Crippen LogP contribution in [0.5, 0.6) is 0 Å². The first-order valence-corrected chi connectivity index (χ1v) is 11.1. The molecule has 0 aromatic heterocycles. The Labute approximate surface area is 195 Å². The molecule has 2 N–H and O–H groups in total. The Hall–Kier alpha value is -4.77. The molecule has 0 aliphatic rings. The van der Waals surface area contributed by atoms with Crippen LogP contribution in [0, 0.1) is 0 Å². The smallest absolute Gasteiger partial charge is 0.234 e. The molecule has 0 fully saturated rings. The Morgan fingerprint density at radius 2 is 0.824 bits per heavy atom. The molecule has 5 heteroatoms. The van der Waals surface area contributed by atoms with Crippen molar-refractivity contribution >= 4 is 43.7 Å². The zero-order chi connectivity index (χ0) is 22.9. The van der Waals surface area contributed by atoms with E-state index < -0.39 is 0 Å². The second kappa shape index (κ2) is 8.30. The van der Waals surface area contributed by atoms with E-state index in [4.69, 9.17) is 0 Å². The first-order chi connectivity index (χ1) is 16.8. The van der Waals surface area contributed by atoms with Crippen LogP contribution in [-0.4, -0.2) is 0 Å². The van der Waals surface area contributed by atoms with Gasteiger partial charge in [-0.2, -0.15) is 10.2 Å². The Morgan fingerprint density at radius 3 is 1.29 bits per heavy atom. The second-order valence-electron chi connectivity index (χ2n) is 8.07. The van der Waals surface area contributed by atoms with Gasteiger partial charge in [-0.1, -0.05) is 97.1 Å². The summed E-state index contributed by atoms with van der Waals surface area (Å²) in [4.78, 5) is 13.4. The van der Waals surface area contributed by atoms with Crippen LogP contribution in [0.15, 0.2) is 124 Å². The molecule has 6 aromatic carbocycles. The lowest BCUT2D eigenvalue weighted by Crippen LogP contribution is -2.33. The summed E-state index contributed by atoms with van der Waals surface area (Å²) in [6.45, 7) is 0. The summed E-state index contributed by atoms with van der Waals surface area (Å²) >= 11 is 0. The van der Waals surface area contributed by atoms with Gasteiger partial charge in [0.1, 0.15) is 10.7 Å². The van der Waals surface area contributed by atoms with Crippen molar-refractivity contribution in [3.63, 3.8) is 0 Å². The predicted molar refractivity (Wildman–Crippen MR) is 139 cm³/mol. The summed E-state index contributed by atoms with van der Waals surface area (Å²) in [6, 6.07) is 35.7. The Bertz CT molecular complexity index is 1700. The number of nitrogens with zero attached hydrogens (tertiary/aromatic N) is 2. The molecule has 0 bridgehead atoms. The molecule has 0 unspecified atom stereocenters. The van der Waals surface area contributed by atoms with E-state index in [1.54, 1.807) is 0 Å². The average Bonchev–Trinajstić information content (AvgIpc) is 3.16. The maximum atomic E-state index is 13.4. The lowest BCUT2D eigenvalue weighted by molar-refractivity contribution is 1.19. The van der Waals surface area contributed by atoms with E-state index in [1.165, 1.54) is 0 Å². The molecule has 0 atom stereocenters. The summed E-state index contributed by atoms with van der Waals surface area (Å²) in [6.07, 6.45) is 0. The second-order valence-corrected chi connectivity index (χ2v) is 8.07. The van der Waals surface area contributed by atoms with Crippen molar-refractivity contribution in [2.75, 3.05) is 10.9 Å². The van der Waals surface area contributed by atoms with Crippen LogP contribution in [0.25, 0.3) is 32.3 Å². The number of hydrogen-bond donors (Lipinski definition) is 2. The molecule has 0 heterocycles. The highest BCUT2D eigenvalue weighted by atomic mass is 16.1. The van der Waals surface area contributed by atoms with Crippen LogP contribution >= 0.6 is 0 Å². The summed E-state index contributed by atoms with van der Waals surface area (Å²) in [7, 11) is 0. The summed E-state index contributed by atoms with van der Waals surface area (Å²) < 4.78 is 0. The van der Waals surface area contributed by atoms with Crippen LogP contribution in [-0.2, 0) is 0 Å². The fraction of sp³-hybridized carbons (Fsp3) is 0. The van der Waals surface area contributed by atoms with Gasteiger partial charge in [0, 0.05) is 21.5 Å². The molecular weight excluding hydrogens is 420 g/mol. The van der Waals surface area contributed by atoms with E-state index in [0.29, 0.717) is 10.7 Å². The topological polar surface area (TPSA) is 65.8 Å². The molecule has 162 valence electrons. The minimum Gasteiger partial charge on any atom is -0.285 e. The summed E-state index contributed by atoms with van der Waals surface area (Å²) in [5.74, 6) is 0. The van der Waals surface area contributed by atoms with Crippen LogP contribution in [0.1, 0.15) is 0 Å². The summed E-state index contributed by atoms with van der Waals surface area (Å²) in [5, 5.41) is 15.6. The van der Waals surface area contributed by atoms with Crippen molar-refractivity contribution in [3.05, 3.63) is 130 Å². The maximum absolute atomic E-state index is 13.4. The normalized spacial score (nSPS) is 12.6. The number of benzene rings is 5. The van der Waals surface area contributed by atoms with E-state index in [0.717, 1.165) is 43.7 Å². The molecule has 0 aliphatic carbocycles. The third-order valence-corrected chi connectivity index (χ3v) is 6.02. The van der Waals surface area contributed by atoms with E-state index in [9.17, 15) is 4.79 Å². The van der Waals surface area contributed by atoms with Gasteiger partial charge in [0.15, 0.2) is 0 Å². The van der Waals surface area contributed by atoms with Gasteiger partial charge in [-0.05, 0) is 22.9 Å². The Kier molecular flexibility index (Phi) is 4.85. The third kappa shape index (κ3) is 3.40. The van der Waals surface area contributed by atoms with Gasteiger partial charge in [0.05, 0.1) is 11.4 Å². The van der Waals surface area contributed by atoms with Gasteiger partial charge in [0.25, 0.3) is 0 Å². The molecule has 5 nitrogen and oxygen atoms in total. The van der Waals surface area contributed by atoms with Crippen LogP contribution in [0.3, 0.4) is 0 Å². The number of anilines is 2. The standard InChI is InChI=1S/C29H20N4O/c34-29-27(32-30-25-17-7-11-19-9-1-3-13-21(19)25)23-15-5-6-16-24(23)28(29)33-31-26-18-8-12-20-10-2-4-14-22(20)26/h1-18,30-31H/b32-27-,33-28+. The minimum absolute atomic E-state index is 0.221. The van der Waals surface area contributed by atoms with Crippen LogP contribution < -0.4 is 27.0 Å². The van der Waals surface area contributed by atoms with Gasteiger partial charge < -0.3 is 0 Å². The maximum Gasteiger partial charge on any atom is 0.234 e. The highest BCUT2D eigenvalue weighted by Crippen LogP contribution is 2.23. The van der Waals surface area contributed by atoms with Crippen molar-refractivity contribution < 1.29 is 0 Å². The zero-order valence-electron chi connectivity index (χ0n) is 18.2. The molecule has 0 radical (unpaired) electrons. The number of hydrogen-bond acceptors (Lipinski definition) is 5. The molecule has 6 aromatic rings. The van der Waals surface area contributed by atoms with Crippen molar-refractivity contribution in [1.82, 2.24) is 0 Å². The molecule has 6 rings (SSSR count). The highest BCUT2D eigenvalue weighted by molar-refractivity contribution is 5.94. The highest BCUT2D eigenvalue weighted by Gasteiger charge is 2.10. The number of rotatable bonds is 4. The first-order valence-electron chi connectivity index (χ1n) is 11.1. The van der Waals surface area contributed by atoms with Crippen LogP contribution in [0.4, 0.5) is 11.4 Å². The Morgan fingerprint density at radius 1 is 0.441 bits per heavy atom. The fourth-order valence-corrected chi connectivity index (χ4v) is 4.35. The molecule has 0 aliphatic heterocycles. The molecule has 0 spiro atoms. The van der Waals surface area contributed by atoms with Crippen LogP contribution in [0.2, 0.25) is 0 Å². The molecular formula is C29H20N4O. The van der Waals surface area contributed by atoms with Gasteiger partial charge in [-0.3, -0.25) is 15.6 Å². The van der Waals surface area contributed by atoms with Gasteiger partial charge in [-0.25, -0.2) is 0 Å². The monoisotopic (exact) mass is 440 g/mol. The lowest BCUT2D eigenvalue weighted by atomic mass is 10.1. The van der Waals surface area contributed by atoms with Crippen molar-refractivity contribution in [2.24, 2.45) is 10.2 Å². The molecule has 0 amide bonds. The quantitative estimate of drug-likeness (QED) is 0.369. The zero-order valence-corrected chi connectivity index (χ0v) is 18.2. The van der Waals surface area contributed by atoms with Crippen molar-refractivity contribution in [1.29, 1.82) is 0 Å². The van der Waals surface area contributed by atoms with Crippen molar-refractivity contribution in [3.8, 4) is 0 Å². The lowest BCUT2D eigenvalue weighted by Gasteiger charge is -2.04. The first kappa shape index (κ1) is 19.9. The van der Waals surface area contributed by atoms with E-state index >= 15 is 0 Å². The van der Waals surface area contributed by atoms with E-state index in [1.807, 2.05) is 109 Å². The van der Waals surface area contributed by atoms with Gasteiger partial charge >= 0.3 is 0 Å². The number of nitrogens with one attached hydrogen (secondary N) is 2. The minimum atomic E-state index is -0.221. The van der Waals surface area contributed by atoms with Crippen molar-refractivity contribution in [2.45, 2.75) is 0 Å². The molecule has 0 saturated carbocycles. The SMILES string of the molecule is O=c1/c(=N\Nc2cccc3ccccc23)c2ccccc2/c1=N\Nc1cccc2ccccc12. The third-order valence-electron chi connectivity index (χ3n) is 6.02. The predicted octanol–water partition coefficient (Wildman–Crippen LogP) is 5.24. The summed E-state index contributed by atoms with van der Waals surface area (Å²) in [5.41, 5.74) is 7.69.